The van der Waals surface area contributed by atoms with E-state index in [-0.39, 0.29) is 24.0 Å². The highest BCUT2D eigenvalue weighted by Gasteiger charge is 2.07. The fourth-order valence-electron chi connectivity index (χ4n) is 2.65. The number of nitrogens with one attached hydrogen (secondary N) is 2. The number of hydrogen-bond donors (Lipinski definition) is 3. The number of nitrogens with zero attached hydrogens (tertiary/aromatic N) is 1. The molecule has 0 spiro atoms. The number of benzene rings is 1. The number of aliphatic hydroxyl groups is 1. The zero-order chi connectivity index (χ0) is 18.7. The lowest BCUT2D eigenvalue weighted by atomic mass is 10.1. The molecule has 1 aromatic carbocycles. The van der Waals surface area contributed by atoms with E-state index in [4.69, 9.17) is 4.42 Å². The smallest absolute Gasteiger partial charge is 0.191 e. The molecular weight excluding hydrogens is 485 g/mol. The van der Waals surface area contributed by atoms with Crippen LogP contribution in [0.2, 0.25) is 0 Å². The number of halogens is 1. The molecule has 3 N–H and O–H groups in total. The van der Waals surface area contributed by atoms with Crippen molar-refractivity contribution in [1.82, 2.24) is 10.6 Å². The van der Waals surface area contributed by atoms with Gasteiger partial charge in [-0.05, 0) is 35.6 Å². The molecule has 3 rings (SSSR count). The van der Waals surface area contributed by atoms with Crippen LogP contribution in [0, 0.1) is 0 Å². The molecule has 5 nitrogen and oxygen atoms in total. The fourth-order valence-corrected chi connectivity index (χ4v) is 3.36. The van der Waals surface area contributed by atoms with Gasteiger partial charge in [-0.3, -0.25) is 4.99 Å². The van der Waals surface area contributed by atoms with Crippen molar-refractivity contribution < 1.29 is 9.52 Å². The average Bonchev–Trinajstić information content (AvgIpc) is 3.40. The molecule has 0 aliphatic rings. The standard InChI is InChI=1S/C21H25N3O2S.HI/c25-20(17-6-2-1-3-7-17)16-24-21(22-12-10-18-8-4-14-26-18)23-13-11-19-9-5-15-27-19;/h1-9,14-15,20,25H,10-13,16H2,(H2,22,23,24);1H. The monoisotopic (exact) mass is 511 g/mol. The van der Waals surface area contributed by atoms with Crippen molar-refractivity contribution in [2.45, 2.75) is 18.9 Å². The summed E-state index contributed by atoms with van der Waals surface area (Å²) in [6.07, 6.45) is 2.78. The Morgan fingerprint density at radius 3 is 2.46 bits per heavy atom. The highest BCUT2D eigenvalue weighted by atomic mass is 127. The van der Waals surface area contributed by atoms with E-state index < -0.39 is 6.10 Å². The number of furan rings is 1. The average molecular weight is 511 g/mol. The summed E-state index contributed by atoms with van der Waals surface area (Å²) in [5.41, 5.74) is 0.870. The van der Waals surface area contributed by atoms with Crippen LogP contribution in [0.3, 0.4) is 0 Å². The van der Waals surface area contributed by atoms with Gasteiger partial charge >= 0.3 is 0 Å². The minimum Gasteiger partial charge on any atom is -0.469 e. The molecule has 0 saturated carbocycles. The van der Waals surface area contributed by atoms with Gasteiger partial charge in [0.1, 0.15) is 5.76 Å². The van der Waals surface area contributed by atoms with Crippen molar-refractivity contribution in [3.63, 3.8) is 0 Å². The molecule has 1 unspecified atom stereocenters. The molecule has 0 saturated heterocycles. The Hall–Kier alpha value is -1.84. The second-order valence-corrected chi connectivity index (χ2v) is 7.16. The molecule has 3 aromatic rings. The van der Waals surface area contributed by atoms with Crippen LogP contribution in [0.4, 0.5) is 0 Å². The highest BCUT2D eigenvalue weighted by molar-refractivity contribution is 14.0. The van der Waals surface area contributed by atoms with Crippen molar-refractivity contribution in [2.24, 2.45) is 4.99 Å². The minimum atomic E-state index is -0.618. The molecule has 0 radical (unpaired) electrons. The third-order valence-electron chi connectivity index (χ3n) is 4.09. The third kappa shape index (κ3) is 7.65. The number of thiophene rings is 1. The summed E-state index contributed by atoms with van der Waals surface area (Å²) in [6, 6.07) is 17.6. The number of rotatable bonds is 9. The molecule has 0 aliphatic heterocycles. The SMILES string of the molecule is I.OC(CN=C(NCCc1ccco1)NCCc1cccs1)c1ccccc1. The van der Waals surface area contributed by atoms with E-state index in [0.717, 1.165) is 30.7 Å². The lowest BCUT2D eigenvalue weighted by Crippen LogP contribution is -2.39. The molecule has 150 valence electrons. The third-order valence-corrected chi connectivity index (χ3v) is 5.03. The van der Waals surface area contributed by atoms with E-state index in [1.807, 2.05) is 42.5 Å². The van der Waals surface area contributed by atoms with Gasteiger partial charge in [0.25, 0.3) is 0 Å². The van der Waals surface area contributed by atoms with E-state index in [2.05, 4.69) is 33.1 Å². The molecular formula is C21H26IN3O2S. The summed E-state index contributed by atoms with van der Waals surface area (Å²) in [7, 11) is 0. The summed E-state index contributed by atoms with van der Waals surface area (Å²) in [4.78, 5) is 5.89. The van der Waals surface area contributed by atoms with Crippen molar-refractivity contribution in [1.29, 1.82) is 0 Å². The first kappa shape index (κ1) is 22.4. The van der Waals surface area contributed by atoms with Crippen LogP contribution in [0.5, 0.6) is 0 Å². The van der Waals surface area contributed by atoms with Gasteiger partial charge in [0.05, 0.1) is 18.9 Å². The van der Waals surface area contributed by atoms with E-state index in [9.17, 15) is 5.11 Å². The number of aliphatic hydroxyl groups excluding tert-OH is 1. The van der Waals surface area contributed by atoms with Gasteiger partial charge in [-0.1, -0.05) is 36.4 Å². The Morgan fingerprint density at radius 2 is 1.79 bits per heavy atom. The van der Waals surface area contributed by atoms with Crippen molar-refractivity contribution in [2.75, 3.05) is 19.6 Å². The summed E-state index contributed by atoms with van der Waals surface area (Å²) in [5.74, 6) is 1.64. The Kier molecular flexibility index (Phi) is 10.1. The highest BCUT2D eigenvalue weighted by Crippen LogP contribution is 2.12. The summed E-state index contributed by atoms with van der Waals surface area (Å²) >= 11 is 1.75. The van der Waals surface area contributed by atoms with Gasteiger partial charge < -0.3 is 20.2 Å². The van der Waals surface area contributed by atoms with Crippen LogP contribution in [-0.4, -0.2) is 30.7 Å². The van der Waals surface area contributed by atoms with Crippen LogP contribution in [0.15, 0.2) is 75.7 Å². The van der Waals surface area contributed by atoms with Crippen LogP contribution in [0.1, 0.15) is 22.3 Å². The zero-order valence-electron chi connectivity index (χ0n) is 15.6. The lowest BCUT2D eigenvalue weighted by molar-refractivity contribution is 0.187. The Balaban J connectivity index is 0.00000280. The quantitative estimate of drug-likeness (QED) is 0.231. The van der Waals surface area contributed by atoms with E-state index in [1.54, 1.807) is 17.6 Å². The maximum atomic E-state index is 10.3. The van der Waals surface area contributed by atoms with Crippen molar-refractivity contribution in [3.05, 3.63) is 82.4 Å². The minimum absolute atomic E-state index is 0. The number of aliphatic imine (C=N–C) groups is 1. The van der Waals surface area contributed by atoms with Crippen LogP contribution >= 0.6 is 35.3 Å². The molecule has 0 bridgehead atoms. The molecule has 2 aromatic heterocycles. The number of guanidine groups is 1. The predicted molar refractivity (Wildman–Crippen MR) is 126 cm³/mol. The summed E-state index contributed by atoms with van der Waals surface area (Å²) in [6.45, 7) is 1.80. The first-order chi connectivity index (χ1) is 13.3. The zero-order valence-corrected chi connectivity index (χ0v) is 18.7. The van der Waals surface area contributed by atoms with E-state index in [0.29, 0.717) is 19.0 Å². The van der Waals surface area contributed by atoms with E-state index >= 15 is 0 Å². The molecule has 0 amide bonds. The van der Waals surface area contributed by atoms with Gasteiger partial charge in [-0.15, -0.1) is 35.3 Å². The predicted octanol–water partition coefficient (Wildman–Crippen LogP) is 4.01. The van der Waals surface area contributed by atoms with Gasteiger partial charge in [0, 0.05) is 24.4 Å². The Morgan fingerprint density at radius 1 is 1.00 bits per heavy atom. The normalized spacial score (nSPS) is 12.2. The summed E-state index contributed by atoms with van der Waals surface area (Å²) in [5, 5.41) is 19.1. The van der Waals surface area contributed by atoms with Gasteiger partial charge in [-0.2, -0.15) is 0 Å². The van der Waals surface area contributed by atoms with Crippen LogP contribution in [-0.2, 0) is 12.8 Å². The molecule has 7 heteroatoms. The summed E-state index contributed by atoms with van der Waals surface area (Å²) < 4.78 is 5.36. The number of hydrogen-bond acceptors (Lipinski definition) is 4. The van der Waals surface area contributed by atoms with Gasteiger partial charge in [0.15, 0.2) is 5.96 Å². The molecule has 2 heterocycles. The van der Waals surface area contributed by atoms with Crippen molar-refractivity contribution in [3.8, 4) is 0 Å². The first-order valence-corrected chi connectivity index (χ1v) is 9.99. The maximum absolute atomic E-state index is 10.3. The Bertz CT molecular complexity index is 750. The van der Waals surface area contributed by atoms with Crippen LogP contribution < -0.4 is 10.6 Å². The molecule has 1 atom stereocenters. The van der Waals surface area contributed by atoms with Crippen LogP contribution in [0.25, 0.3) is 0 Å². The molecule has 0 aliphatic carbocycles. The second kappa shape index (κ2) is 12.6. The molecule has 28 heavy (non-hydrogen) atoms. The van der Waals surface area contributed by atoms with Gasteiger partial charge in [-0.25, -0.2) is 0 Å². The van der Waals surface area contributed by atoms with E-state index in [1.165, 1.54) is 4.88 Å². The van der Waals surface area contributed by atoms with Gasteiger partial charge in [0.2, 0.25) is 0 Å². The Labute approximate surface area is 186 Å². The van der Waals surface area contributed by atoms with Crippen molar-refractivity contribution >= 4 is 41.3 Å². The topological polar surface area (TPSA) is 69.8 Å². The lowest BCUT2D eigenvalue weighted by Gasteiger charge is -2.14. The molecule has 0 fully saturated rings. The first-order valence-electron chi connectivity index (χ1n) is 9.11. The fraction of sp³-hybridized carbons (Fsp3) is 0.286. The maximum Gasteiger partial charge on any atom is 0.191 e. The second-order valence-electron chi connectivity index (χ2n) is 6.13. The largest absolute Gasteiger partial charge is 0.469 e.